The Bertz CT molecular complexity index is 625. The van der Waals surface area contributed by atoms with Crippen LogP contribution >= 0.6 is 0 Å². The van der Waals surface area contributed by atoms with Gasteiger partial charge in [0.05, 0.1) is 0 Å². The maximum atomic E-state index is 12.0. The van der Waals surface area contributed by atoms with Gasteiger partial charge in [-0.1, -0.05) is 24.3 Å². The largest absolute Gasteiger partial charge is 0.405 e. The van der Waals surface area contributed by atoms with Crippen LogP contribution in [-0.4, -0.2) is 23.6 Å². The van der Waals surface area contributed by atoms with E-state index < -0.39 is 18.6 Å². The van der Waals surface area contributed by atoms with Crippen LogP contribution in [0.25, 0.3) is 10.8 Å². The summed E-state index contributed by atoms with van der Waals surface area (Å²) in [6, 6.07) is 8.31. The van der Waals surface area contributed by atoms with E-state index >= 15 is 0 Å². The number of nitrogens with one attached hydrogen (secondary N) is 1. The molecule has 1 amide bonds. The average molecular weight is 269 g/mol. The first-order valence-electron chi connectivity index (χ1n) is 5.37. The number of nitrogens with zero attached hydrogens (tertiary/aromatic N) is 1. The second-order valence-electron chi connectivity index (χ2n) is 3.91. The summed E-state index contributed by atoms with van der Waals surface area (Å²) in [5.74, 6) is -0.801. The van der Waals surface area contributed by atoms with Crippen molar-refractivity contribution in [3.05, 3.63) is 36.0 Å². The molecule has 0 aliphatic carbocycles. The van der Waals surface area contributed by atoms with E-state index in [1.165, 1.54) is 6.07 Å². The van der Waals surface area contributed by atoms with Gasteiger partial charge in [-0.3, -0.25) is 4.79 Å². The number of carbonyl (C=O) groups excluding carboxylic acids is 1. The molecule has 2 aromatic rings. The van der Waals surface area contributed by atoms with Crippen LogP contribution in [0.15, 0.2) is 30.3 Å². The molecule has 100 valence electrons. The molecule has 0 saturated heterocycles. The number of anilines is 1. The van der Waals surface area contributed by atoms with Crippen molar-refractivity contribution in [1.82, 2.24) is 10.3 Å². The lowest BCUT2D eigenvalue weighted by molar-refractivity contribution is -0.123. The maximum absolute atomic E-state index is 12.0. The van der Waals surface area contributed by atoms with E-state index in [-0.39, 0.29) is 11.5 Å². The van der Waals surface area contributed by atoms with Crippen LogP contribution in [0.4, 0.5) is 19.0 Å². The van der Waals surface area contributed by atoms with Gasteiger partial charge in [-0.25, -0.2) is 4.98 Å². The Morgan fingerprint density at radius 2 is 2.00 bits per heavy atom. The number of carbonyl (C=O) groups is 1. The molecule has 3 N–H and O–H groups in total. The van der Waals surface area contributed by atoms with Gasteiger partial charge in [-0.15, -0.1) is 0 Å². The standard InChI is InChI=1S/C12H10F3N3O/c13-12(14,15)6-17-11(19)9-5-7-3-1-2-4-8(7)10(16)18-9/h1-5H,6H2,(H2,16,18)(H,17,19). The van der Waals surface area contributed by atoms with Crippen molar-refractivity contribution < 1.29 is 18.0 Å². The molecule has 2 rings (SSSR count). The molecule has 0 saturated carbocycles. The third-order valence-corrected chi connectivity index (χ3v) is 2.45. The van der Waals surface area contributed by atoms with Gasteiger partial charge in [0.1, 0.15) is 18.1 Å². The van der Waals surface area contributed by atoms with Crippen molar-refractivity contribution in [2.75, 3.05) is 12.3 Å². The first-order valence-corrected chi connectivity index (χ1v) is 5.37. The topological polar surface area (TPSA) is 68.0 Å². The van der Waals surface area contributed by atoms with Crippen molar-refractivity contribution in [2.45, 2.75) is 6.18 Å². The molecule has 4 nitrogen and oxygen atoms in total. The number of hydrogen-bond donors (Lipinski definition) is 2. The molecular weight excluding hydrogens is 259 g/mol. The van der Waals surface area contributed by atoms with E-state index in [2.05, 4.69) is 4.98 Å². The average Bonchev–Trinajstić information content (AvgIpc) is 2.35. The lowest BCUT2D eigenvalue weighted by Gasteiger charge is -2.09. The molecule has 0 fully saturated rings. The number of hydrogen-bond acceptors (Lipinski definition) is 3. The molecule has 0 aliphatic heterocycles. The fraction of sp³-hybridized carbons (Fsp3) is 0.167. The van der Waals surface area contributed by atoms with Gasteiger partial charge in [0.15, 0.2) is 0 Å². The van der Waals surface area contributed by atoms with Gasteiger partial charge in [0, 0.05) is 5.39 Å². The predicted molar refractivity (Wildman–Crippen MR) is 64.5 cm³/mol. The van der Waals surface area contributed by atoms with Crippen LogP contribution in [-0.2, 0) is 0 Å². The highest BCUT2D eigenvalue weighted by molar-refractivity contribution is 5.99. The van der Waals surface area contributed by atoms with Gasteiger partial charge < -0.3 is 11.1 Å². The lowest BCUT2D eigenvalue weighted by Crippen LogP contribution is -2.34. The van der Waals surface area contributed by atoms with Gasteiger partial charge >= 0.3 is 6.18 Å². The SMILES string of the molecule is Nc1nc(C(=O)NCC(F)(F)F)cc2ccccc12. The van der Waals surface area contributed by atoms with Crippen molar-refractivity contribution in [3.8, 4) is 0 Å². The molecule has 1 heterocycles. The van der Waals surface area contributed by atoms with Gasteiger partial charge in [-0.05, 0) is 11.5 Å². The second kappa shape index (κ2) is 4.75. The molecular formula is C12H10F3N3O. The summed E-state index contributed by atoms with van der Waals surface area (Å²) in [5, 5.41) is 3.04. The first kappa shape index (κ1) is 13.1. The van der Waals surface area contributed by atoms with E-state index in [0.29, 0.717) is 10.8 Å². The number of nitrogens with two attached hydrogens (primary N) is 1. The molecule has 0 spiro atoms. The van der Waals surface area contributed by atoms with E-state index in [1.54, 1.807) is 29.6 Å². The number of rotatable bonds is 2. The normalized spacial score (nSPS) is 11.5. The molecule has 1 aromatic heterocycles. The van der Waals surface area contributed by atoms with Crippen LogP contribution in [0, 0.1) is 0 Å². The fourth-order valence-electron chi connectivity index (χ4n) is 1.61. The van der Waals surface area contributed by atoms with Gasteiger partial charge in [-0.2, -0.15) is 13.2 Å². The van der Waals surface area contributed by atoms with Crippen LogP contribution in [0.5, 0.6) is 0 Å². The summed E-state index contributed by atoms with van der Waals surface area (Å²) < 4.78 is 36.0. The fourth-order valence-corrected chi connectivity index (χ4v) is 1.61. The third-order valence-electron chi connectivity index (χ3n) is 2.45. The summed E-state index contributed by atoms with van der Waals surface area (Å²) in [5.41, 5.74) is 5.52. The Labute approximate surface area is 106 Å². The van der Waals surface area contributed by atoms with Crippen molar-refractivity contribution in [2.24, 2.45) is 0 Å². The monoisotopic (exact) mass is 269 g/mol. The number of pyridine rings is 1. The number of benzene rings is 1. The molecule has 0 bridgehead atoms. The van der Waals surface area contributed by atoms with Crippen LogP contribution in [0.3, 0.4) is 0 Å². The number of aromatic nitrogens is 1. The van der Waals surface area contributed by atoms with Crippen molar-refractivity contribution in [1.29, 1.82) is 0 Å². The number of amides is 1. The number of fused-ring (bicyclic) bond motifs is 1. The molecule has 7 heteroatoms. The molecule has 0 aliphatic rings. The van der Waals surface area contributed by atoms with Gasteiger partial charge in [0.25, 0.3) is 5.91 Å². The minimum atomic E-state index is -4.46. The Balaban J connectivity index is 2.28. The lowest BCUT2D eigenvalue weighted by atomic mass is 10.1. The molecule has 1 aromatic carbocycles. The van der Waals surface area contributed by atoms with Crippen molar-refractivity contribution in [3.63, 3.8) is 0 Å². The Morgan fingerprint density at radius 3 is 2.68 bits per heavy atom. The highest BCUT2D eigenvalue weighted by Gasteiger charge is 2.28. The predicted octanol–water partition coefficient (Wildman–Crippen LogP) is 2.11. The summed E-state index contributed by atoms with van der Waals surface area (Å²) in [6.07, 6.45) is -4.46. The molecule has 19 heavy (non-hydrogen) atoms. The van der Waals surface area contributed by atoms with E-state index in [4.69, 9.17) is 5.73 Å². The summed E-state index contributed by atoms with van der Waals surface area (Å²) in [6.45, 7) is -1.40. The summed E-state index contributed by atoms with van der Waals surface area (Å²) >= 11 is 0. The maximum Gasteiger partial charge on any atom is 0.405 e. The summed E-state index contributed by atoms with van der Waals surface area (Å²) in [7, 11) is 0. The highest BCUT2D eigenvalue weighted by Crippen LogP contribution is 2.20. The summed E-state index contributed by atoms with van der Waals surface area (Å²) in [4.78, 5) is 15.4. The quantitative estimate of drug-likeness (QED) is 0.877. The third kappa shape index (κ3) is 3.12. The number of nitrogen functional groups attached to an aromatic ring is 1. The molecule has 0 unspecified atom stereocenters. The second-order valence-corrected chi connectivity index (χ2v) is 3.91. The Hall–Kier alpha value is -2.31. The van der Waals surface area contributed by atoms with E-state index in [1.807, 2.05) is 0 Å². The van der Waals surface area contributed by atoms with Crippen LogP contribution in [0.1, 0.15) is 10.5 Å². The minimum absolute atomic E-state index is 0.107. The van der Waals surface area contributed by atoms with Gasteiger partial charge in [0.2, 0.25) is 0 Å². The first-order chi connectivity index (χ1) is 8.87. The van der Waals surface area contributed by atoms with Crippen LogP contribution in [0.2, 0.25) is 0 Å². The zero-order valence-electron chi connectivity index (χ0n) is 9.66. The molecule has 0 atom stereocenters. The minimum Gasteiger partial charge on any atom is -0.383 e. The highest BCUT2D eigenvalue weighted by atomic mass is 19.4. The molecule has 0 radical (unpaired) electrons. The van der Waals surface area contributed by atoms with E-state index in [0.717, 1.165) is 0 Å². The number of halogens is 3. The van der Waals surface area contributed by atoms with Crippen LogP contribution < -0.4 is 11.1 Å². The van der Waals surface area contributed by atoms with E-state index in [9.17, 15) is 18.0 Å². The Morgan fingerprint density at radius 1 is 1.32 bits per heavy atom. The zero-order valence-corrected chi connectivity index (χ0v) is 9.66. The zero-order chi connectivity index (χ0) is 14.0. The smallest absolute Gasteiger partial charge is 0.383 e. The number of alkyl halides is 3. The Kier molecular flexibility index (Phi) is 3.28. The van der Waals surface area contributed by atoms with Crippen molar-refractivity contribution >= 4 is 22.5 Å².